The average molecular weight is 471 g/mol. The molecule has 2 aromatic heterocycles. The van der Waals surface area contributed by atoms with Crippen LogP contribution < -0.4 is 11.1 Å². The lowest BCUT2D eigenvalue weighted by Crippen LogP contribution is -2.63. The van der Waals surface area contributed by atoms with E-state index in [2.05, 4.69) is 15.5 Å². The Hall–Kier alpha value is -3.17. The van der Waals surface area contributed by atoms with Crippen LogP contribution in [0.4, 0.5) is 9.18 Å². The molecule has 182 valence electrons. The predicted octanol–water partition coefficient (Wildman–Crippen LogP) is 3.31. The lowest BCUT2D eigenvalue weighted by Gasteiger charge is -2.58. The number of alkyl halides is 1. The molecule has 0 aliphatic heterocycles. The van der Waals surface area contributed by atoms with E-state index in [0.29, 0.717) is 17.3 Å². The van der Waals surface area contributed by atoms with E-state index in [1.807, 2.05) is 0 Å². The van der Waals surface area contributed by atoms with Gasteiger partial charge in [0, 0.05) is 30.1 Å². The number of carbonyl (C=O) groups is 2. The minimum atomic E-state index is -0.720. The fourth-order valence-electron chi connectivity index (χ4n) is 6.32. The van der Waals surface area contributed by atoms with E-state index in [0.717, 1.165) is 32.1 Å². The zero-order valence-corrected chi connectivity index (χ0v) is 19.5. The zero-order valence-electron chi connectivity index (χ0n) is 19.5. The van der Waals surface area contributed by atoms with Crippen LogP contribution in [0, 0.1) is 23.2 Å². The summed E-state index contributed by atoms with van der Waals surface area (Å²) in [5, 5.41) is 11.9. The van der Waals surface area contributed by atoms with Crippen molar-refractivity contribution in [2.45, 2.75) is 57.6 Å². The fourth-order valence-corrected chi connectivity index (χ4v) is 6.32. The third-order valence-electron chi connectivity index (χ3n) is 7.58. The molecule has 2 atom stereocenters. The van der Waals surface area contributed by atoms with Crippen LogP contribution in [0.3, 0.4) is 0 Å². The number of aromatic nitrogens is 4. The first-order chi connectivity index (χ1) is 16.2. The highest BCUT2D eigenvalue weighted by Crippen LogP contribution is 2.57. The zero-order chi connectivity index (χ0) is 24.1. The van der Waals surface area contributed by atoms with E-state index in [9.17, 15) is 14.0 Å². The highest BCUT2D eigenvalue weighted by Gasteiger charge is 2.57. The van der Waals surface area contributed by atoms with E-state index < -0.39 is 23.8 Å². The van der Waals surface area contributed by atoms with Crippen LogP contribution in [-0.2, 0) is 4.74 Å². The third kappa shape index (κ3) is 4.10. The lowest BCUT2D eigenvalue weighted by atomic mass is 9.52. The molecule has 4 aliphatic rings. The number of carbonyl (C=O) groups excluding carboxylic acids is 2. The van der Waals surface area contributed by atoms with E-state index >= 15 is 0 Å². The van der Waals surface area contributed by atoms with Crippen LogP contribution in [-0.4, -0.2) is 49.9 Å². The molecule has 2 amide bonds. The maximum absolute atomic E-state index is 13.5. The molecule has 2 aromatic rings. The Labute approximate surface area is 197 Å². The number of primary amides is 1. The number of hydrogen-bond donors (Lipinski definition) is 2. The van der Waals surface area contributed by atoms with E-state index in [-0.39, 0.29) is 23.8 Å². The Bertz CT molecular complexity index is 1090. The largest absolute Gasteiger partial charge is 0.443 e. The van der Waals surface area contributed by atoms with Crippen molar-refractivity contribution in [3.05, 3.63) is 36.3 Å². The fraction of sp³-hybridized carbons (Fsp3) is 0.583. The number of allylic oxidation sites excluding steroid dienone is 1. The van der Waals surface area contributed by atoms with Crippen LogP contribution in [0.25, 0.3) is 12.0 Å². The summed E-state index contributed by atoms with van der Waals surface area (Å²) in [5.41, 5.74) is 4.61. The smallest absolute Gasteiger partial charge is 0.405 e. The molecule has 34 heavy (non-hydrogen) atoms. The van der Waals surface area contributed by atoms with Gasteiger partial charge in [-0.1, -0.05) is 19.9 Å². The maximum atomic E-state index is 13.5. The van der Waals surface area contributed by atoms with Gasteiger partial charge in [0.25, 0.3) is 5.91 Å². The van der Waals surface area contributed by atoms with Gasteiger partial charge in [-0.3, -0.25) is 9.18 Å². The summed E-state index contributed by atoms with van der Waals surface area (Å²) in [6.45, 7) is 3.06. The van der Waals surface area contributed by atoms with Crippen molar-refractivity contribution in [3.8, 4) is 5.82 Å². The summed E-state index contributed by atoms with van der Waals surface area (Å²) in [4.78, 5) is 25.0. The lowest BCUT2D eigenvalue weighted by molar-refractivity contribution is -0.137. The second kappa shape index (κ2) is 8.25. The number of nitrogens with two attached hydrogens (primary N) is 1. The quantitative estimate of drug-likeness (QED) is 0.644. The van der Waals surface area contributed by atoms with Gasteiger partial charge in [0.15, 0.2) is 5.82 Å². The Morgan fingerprint density at radius 1 is 1.29 bits per heavy atom. The topological polar surface area (TPSA) is 117 Å². The molecule has 0 spiro atoms. The van der Waals surface area contributed by atoms with Crippen LogP contribution in [0.5, 0.6) is 0 Å². The molecule has 4 fully saturated rings. The molecular weight excluding hydrogens is 439 g/mol. The van der Waals surface area contributed by atoms with Crippen LogP contribution >= 0.6 is 0 Å². The van der Waals surface area contributed by atoms with Gasteiger partial charge in [0.1, 0.15) is 11.2 Å². The van der Waals surface area contributed by atoms with Crippen molar-refractivity contribution < 1.29 is 18.7 Å². The molecule has 2 heterocycles. The molecular formula is C24H31FN6O3. The Morgan fingerprint density at radius 2 is 2.03 bits per heavy atom. The summed E-state index contributed by atoms with van der Waals surface area (Å²) < 4.78 is 22.0. The predicted molar refractivity (Wildman–Crippen MR) is 123 cm³/mol. The van der Waals surface area contributed by atoms with Crippen molar-refractivity contribution in [2.75, 3.05) is 6.67 Å². The highest BCUT2D eigenvalue weighted by atomic mass is 19.1. The summed E-state index contributed by atoms with van der Waals surface area (Å²) >= 11 is 0. The first-order valence-corrected chi connectivity index (χ1v) is 11.8. The van der Waals surface area contributed by atoms with Crippen LogP contribution in [0.1, 0.15) is 56.3 Å². The summed E-state index contributed by atoms with van der Waals surface area (Å²) in [5.74, 6) is 1.24. The van der Waals surface area contributed by atoms with E-state index in [1.165, 1.54) is 6.20 Å². The number of nitrogens with zero attached hydrogens (tertiary/aromatic N) is 4. The monoisotopic (exact) mass is 470 g/mol. The number of rotatable bonds is 7. The summed E-state index contributed by atoms with van der Waals surface area (Å²) in [7, 11) is 0. The van der Waals surface area contributed by atoms with E-state index in [4.69, 9.17) is 10.5 Å². The number of nitrogens with one attached hydrogen (secondary N) is 1. The van der Waals surface area contributed by atoms with Gasteiger partial charge in [-0.25, -0.2) is 14.2 Å². The van der Waals surface area contributed by atoms with Crippen molar-refractivity contribution in [2.24, 2.45) is 28.9 Å². The van der Waals surface area contributed by atoms with Crippen LogP contribution in [0.2, 0.25) is 0 Å². The molecule has 4 saturated carbocycles. The third-order valence-corrected chi connectivity index (χ3v) is 7.58. The molecule has 10 heteroatoms. The second-order valence-electron chi connectivity index (χ2n) is 10.8. The minimum absolute atomic E-state index is 0.00323. The molecule has 0 aromatic carbocycles. The average Bonchev–Trinajstić information content (AvgIpc) is 3.43. The van der Waals surface area contributed by atoms with Crippen molar-refractivity contribution >= 4 is 18.2 Å². The number of hydrogen-bond acceptors (Lipinski definition) is 5. The van der Waals surface area contributed by atoms with Gasteiger partial charge in [0.2, 0.25) is 0 Å². The van der Waals surface area contributed by atoms with Gasteiger partial charge >= 0.3 is 6.09 Å². The summed E-state index contributed by atoms with van der Waals surface area (Å²) in [6, 6.07) is 1.77. The van der Waals surface area contributed by atoms with Gasteiger partial charge < -0.3 is 15.8 Å². The molecule has 2 unspecified atom stereocenters. The highest BCUT2D eigenvalue weighted by molar-refractivity contribution is 5.97. The second-order valence-corrected chi connectivity index (χ2v) is 10.8. The van der Waals surface area contributed by atoms with E-state index in [1.54, 1.807) is 53.9 Å². The molecule has 4 aliphatic carbocycles. The normalized spacial score (nSPS) is 30.1. The molecule has 4 bridgehead atoms. The SMILES string of the molecule is CC(C)(/C=C/n1ncc(C(=O)N[C@H]2C3CC4CC2C[C@](OC(N)=O)(C4)C3)c1-n1cccn1)CF. The first kappa shape index (κ1) is 22.6. The van der Waals surface area contributed by atoms with Crippen LogP contribution in [0.15, 0.2) is 30.7 Å². The molecule has 0 saturated heterocycles. The number of ether oxygens (including phenoxy) is 1. The Morgan fingerprint density at radius 3 is 2.65 bits per heavy atom. The first-order valence-electron chi connectivity index (χ1n) is 11.8. The van der Waals surface area contributed by atoms with Crippen molar-refractivity contribution in [3.63, 3.8) is 0 Å². The Kier molecular flexibility index (Phi) is 5.49. The standard InChI is InChI=1S/C24H31FN6O3/c1-23(2,14-25)4-7-31-21(30-6-3-5-27-30)18(13-28-31)20(32)29-19-16-8-15-9-17(19)12-24(10-15,11-16)34-22(26)33/h3-7,13,15-17,19H,8-12,14H2,1-2H3,(H2,26,33)(H,29,32)/b7-4+/t15?,16?,17?,19-,24-. The minimum Gasteiger partial charge on any atom is -0.443 e. The molecule has 6 rings (SSSR count). The van der Waals surface area contributed by atoms with Gasteiger partial charge in [-0.05, 0) is 55.9 Å². The summed E-state index contributed by atoms with van der Waals surface area (Å²) in [6.07, 6.45) is 11.9. The van der Waals surface area contributed by atoms with Crippen molar-refractivity contribution in [1.29, 1.82) is 0 Å². The van der Waals surface area contributed by atoms with Gasteiger partial charge in [-0.2, -0.15) is 10.2 Å². The Balaban J connectivity index is 1.39. The van der Waals surface area contributed by atoms with Crippen molar-refractivity contribution in [1.82, 2.24) is 24.9 Å². The maximum Gasteiger partial charge on any atom is 0.405 e. The molecule has 0 radical (unpaired) electrons. The number of halogens is 1. The molecule has 9 nitrogen and oxygen atoms in total. The van der Waals surface area contributed by atoms with Gasteiger partial charge in [-0.15, -0.1) is 0 Å². The number of amides is 2. The van der Waals surface area contributed by atoms with Gasteiger partial charge in [0.05, 0.1) is 12.9 Å². The molecule has 3 N–H and O–H groups in total.